The Bertz CT molecular complexity index is 576. The summed E-state index contributed by atoms with van der Waals surface area (Å²) in [5.41, 5.74) is 4.90. The average molecular weight is 304 g/mol. The number of hydrogen-bond donors (Lipinski definition) is 1. The van der Waals surface area contributed by atoms with E-state index in [1.54, 1.807) is 18.4 Å². The van der Waals surface area contributed by atoms with Crippen molar-refractivity contribution >= 4 is 11.3 Å². The van der Waals surface area contributed by atoms with Crippen LogP contribution in [-0.2, 0) is 19.3 Å². The zero-order chi connectivity index (χ0) is 15.4. The van der Waals surface area contributed by atoms with Crippen LogP contribution in [0.5, 0.6) is 5.75 Å². The zero-order valence-electron chi connectivity index (χ0n) is 13.3. The molecule has 0 saturated carbocycles. The van der Waals surface area contributed by atoms with Gasteiger partial charge in [0.25, 0.3) is 0 Å². The molecule has 0 fully saturated rings. The van der Waals surface area contributed by atoms with E-state index in [-0.39, 0.29) is 0 Å². The summed E-state index contributed by atoms with van der Waals surface area (Å²) in [6.45, 7) is 6.47. The molecular weight excluding hydrogens is 280 g/mol. The normalized spacial score (nSPS) is 12.4. The molecule has 1 aromatic carbocycles. The molecule has 1 N–H and O–H groups in total. The lowest BCUT2D eigenvalue weighted by Crippen LogP contribution is -2.08. The second-order valence-corrected chi connectivity index (χ2v) is 6.09. The van der Waals surface area contributed by atoms with Gasteiger partial charge in [-0.05, 0) is 53.0 Å². The second-order valence-electron chi connectivity index (χ2n) is 5.14. The highest BCUT2D eigenvalue weighted by atomic mass is 32.1. The van der Waals surface area contributed by atoms with Crippen LogP contribution in [0.15, 0.2) is 23.6 Å². The molecule has 114 valence electrons. The number of aliphatic hydroxyl groups excluding tert-OH is 1. The first kappa shape index (κ1) is 16.1. The first-order valence-electron chi connectivity index (χ1n) is 7.60. The van der Waals surface area contributed by atoms with E-state index in [1.165, 1.54) is 16.7 Å². The van der Waals surface area contributed by atoms with Crippen molar-refractivity contribution in [2.75, 3.05) is 7.11 Å². The molecule has 2 nitrogen and oxygen atoms in total. The van der Waals surface area contributed by atoms with Gasteiger partial charge >= 0.3 is 0 Å². The third-order valence-corrected chi connectivity index (χ3v) is 4.93. The minimum absolute atomic E-state index is 0.601. The van der Waals surface area contributed by atoms with E-state index in [0.717, 1.165) is 35.5 Å². The van der Waals surface area contributed by atoms with Crippen molar-refractivity contribution in [2.24, 2.45) is 0 Å². The number of rotatable bonds is 6. The van der Waals surface area contributed by atoms with Crippen molar-refractivity contribution in [3.63, 3.8) is 0 Å². The molecule has 0 aliphatic carbocycles. The first-order chi connectivity index (χ1) is 10.2. The molecule has 3 heteroatoms. The highest BCUT2D eigenvalue weighted by Crippen LogP contribution is 2.38. The third-order valence-electron chi connectivity index (χ3n) is 3.98. The minimum atomic E-state index is -0.601. The van der Waals surface area contributed by atoms with Gasteiger partial charge in [0.2, 0.25) is 0 Å². The van der Waals surface area contributed by atoms with E-state index in [0.29, 0.717) is 0 Å². The van der Waals surface area contributed by atoms with Crippen molar-refractivity contribution in [1.82, 2.24) is 0 Å². The van der Waals surface area contributed by atoms with Crippen LogP contribution < -0.4 is 4.74 Å². The maximum Gasteiger partial charge on any atom is 0.135 e. The predicted molar refractivity (Wildman–Crippen MR) is 89.5 cm³/mol. The van der Waals surface area contributed by atoms with Crippen LogP contribution in [0, 0.1) is 0 Å². The molecule has 1 unspecified atom stereocenters. The van der Waals surface area contributed by atoms with Crippen molar-refractivity contribution < 1.29 is 9.84 Å². The van der Waals surface area contributed by atoms with Gasteiger partial charge in [-0.15, -0.1) is 11.3 Å². The number of aryl methyl sites for hydroxylation is 3. The topological polar surface area (TPSA) is 29.5 Å². The lowest BCUT2D eigenvalue weighted by molar-refractivity contribution is 0.217. The molecule has 0 spiro atoms. The second kappa shape index (κ2) is 7.10. The smallest absolute Gasteiger partial charge is 0.135 e. The molecule has 0 aliphatic rings. The summed E-state index contributed by atoms with van der Waals surface area (Å²) >= 11 is 1.55. The lowest BCUT2D eigenvalue weighted by Gasteiger charge is -2.20. The largest absolute Gasteiger partial charge is 0.495 e. The summed E-state index contributed by atoms with van der Waals surface area (Å²) in [5.74, 6) is 0.774. The molecule has 0 saturated heterocycles. The van der Waals surface area contributed by atoms with E-state index in [9.17, 15) is 5.11 Å². The van der Waals surface area contributed by atoms with Gasteiger partial charge in [-0.2, -0.15) is 0 Å². The zero-order valence-corrected chi connectivity index (χ0v) is 14.1. The van der Waals surface area contributed by atoms with Crippen molar-refractivity contribution in [1.29, 1.82) is 0 Å². The molecule has 2 rings (SSSR count). The Balaban J connectivity index is 2.56. The lowest BCUT2D eigenvalue weighted by atomic mass is 9.90. The van der Waals surface area contributed by atoms with Crippen molar-refractivity contribution in [2.45, 2.75) is 46.1 Å². The molecule has 1 heterocycles. The van der Waals surface area contributed by atoms with Gasteiger partial charge in [0, 0.05) is 0 Å². The van der Waals surface area contributed by atoms with Gasteiger partial charge in [-0.3, -0.25) is 0 Å². The highest BCUT2D eigenvalue weighted by molar-refractivity contribution is 7.10. The quantitative estimate of drug-likeness (QED) is 0.850. The standard InChI is InChI=1S/C18H24O2S/c1-5-12-10-13(6-2)16(14(7-3)11-12)17(19)18-15(20-4)8-9-21-18/h8-11,17,19H,5-7H2,1-4H3. The number of ether oxygens (including phenoxy) is 1. The summed E-state index contributed by atoms with van der Waals surface area (Å²) < 4.78 is 5.37. The van der Waals surface area contributed by atoms with Crippen LogP contribution >= 0.6 is 11.3 Å². The van der Waals surface area contributed by atoms with Crippen LogP contribution in [0.3, 0.4) is 0 Å². The first-order valence-corrected chi connectivity index (χ1v) is 8.48. The Morgan fingerprint density at radius 1 is 1.10 bits per heavy atom. The number of hydrogen-bond acceptors (Lipinski definition) is 3. The van der Waals surface area contributed by atoms with Crippen molar-refractivity contribution in [3.8, 4) is 5.75 Å². The molecule has 0 amide bonds. The molecule has 0 aliphatic heterocycles. The molecule has 1 aromatic heterocycles. The molecule has 0 bridgehead atoms. The van der Waals surface area contributed by atoms with Gasteiger partial charge in [-0.25, -0.2) is 0 Å². The number of aliphatic hydroxyl groups is 1. The van der Waals surface area contributed by atoms with E-state index < -0.39 is 6.10 Å². The van der Waals surface area contributed by atoms with Gasteiger partial charge in [0.15, 0.2) is 0 Å². The maximum atomic E-state index is 10.9. The molecule has 1 atom stereocenters. The van der Waals surface area contributed by atoms with Gasteiger partial charge in [0.1, 0.15) is 11.9 Å². The molecular formula is C18H24O2S. The monoisotopic (exact) mass is 304 g/mol. The average Bonchev–Trinajstić information content (AvgIpc) is 3.01. The van der Waals surface area contributed by atoms with Crippen molar-refractivity contribution in [3.05, 3.63) is 50.7 Å². The molecule has 21 heavy (non-hydrogen) atoms. The minimum Gasteiger partial charge on any atom is -0.495 e. The van der Waals surface area contributed by atoms with Crippen LogP contribution in [0.4, 0.5) is 0 Å². The van der Waals surface area contributed by atoms with Crippen LogP contribution in [0.25, 0.3) is 0 Å². The Kier molecular flexibility index (Phi) is 5.43. The fraction of sp³-hybridized carbons (Fsp3) is 0.444. The summed E-state index contributed by atoms with van der Waals surface area (Å²) in [5, 5.41) is 12.9. The summed E-state index contributed by atoms with van der Waals surface area (Å²) in [4.78, 5) is 0.895. The maximum absolute atomic E-state index is 10.9. The van der Waals surface area contributed by atoms with E-state index in [1.807, 2.05) is 11.4 Å². The van der Waals surface area contributed by atoms with Gasteiger partial charge < -0.3 is 9.84 Å². The summed E-state index contributed by atoms with van der Waals surface area (Å²) in [6, 6.07) is 6.39. The van der Waals surface area contributed by atoms with Gasteiger partial charge in [0.05, 0.1) is 12.0 Å². The van der Waals surface area contributed by atoms with Gasteiger partial charge in [-0.1, -0.05) is 32.9 Å². The van der Waals surface area contributed by atoms with Crippen LogP contribution in [0.1, 0.15) is 54.0 Å². The van der Waals surface area contributed by atoms with Crippen LogP contribution in [0.2, 0.25) is 0 Å². The van der Waals surface area contributed by atoms with E-state index in [2.05, 4.69) is 32.9 Å². The SMILES string of the molecule is CCc1cc(CC)c(C(O)c2sccc2OC)c(CC)c1. The fourth-order valence-electron chi connectivity index (χ4n) is 2.80. The predicted octanol–water partition coefficient (Wildman–Crippen LogP) is 4.53. The Morgan fingerprint density at radius 2 is 1.71 bits per heavy atom. The Labute approximate surface area is 131 Å². The number of methoxy groups -OCH3 is 1. The number of benzene rings is 1. The summed E-state index contributed by atoms with van der Waals surface area (Å²) in [6.07, 6.45) is 2.29. The number of thiophene rings is 1. The molecule has 0 radical (unpaired) electrons. The fourth-order valence-corrected chi connectivity index (χ4v) is 3.65. The Hall–Kier alpha value is -1.32. The Morgan fingerprint density at radius 3 is 2.19 bits per heavy atom. The molecule has 2 aromatic rings. The third kappa shape index (κ3) is 3.14. The summed E-state index contributed by atoms with van der Waals surface area (Å²) in [7, 11) is 1.65. The van der Waals surface area contributed by atoms with E-state index in [4.69, 9.17) is 4.74 Å². The highest BCUT2D eigenvalue weighted by Gasteiger charge is 2.22. The van der Waals surface area contributed by atoms with Crippen LogP contribution in [-0.4, -0.2) is 12.2 Å². The van der Waals surface area contributed by atoms with E-state index >= 15 is 0 Å².